The summed E-state index contributed by atoms with van der Waals surface area (Å²) in [7, 11) is 0. The van der Waals surface area contributed by atoms with Crippen LogP contribution in [0.15, 0.2) is 18.3 Å². The maximum Gasteiger partial charge on any atom is 0.332 e. The van der Waals surface area contributed by atoms with Crippen molar-refractivity contribution in [3.63, 3.8) is 0 Å². The van der Waals surface area contributed by atoms with Gasteiger partial charge in [0.1, 0.15) is 0 Å². The first kappa shape index (κ1) is 14.1. The summed E-state index contributed by atoms with van der Waals surface area (Å²) in [4.78, 5) is 25.9. The molecule has 0 radical (unpaired) electrons. The molecule has 1 aromatic heterocycles. The van der Waals surface area contributed by atoms with Crippen molar-refractivity contribution in [2.24, 2.45) is 5.73 Å². The Bertz CT molecular complexity index is 436. The van der Waals surface area contributed by atoms with E-state index in [1.54, 1.807) is 6.07 Å². The van der Waals surface area contributed by atoms with E-state index in [0.717, 1.165) is 0 Å². The molecule has 0 spiro atoms. The number of nitrogens with two attached hydrogens (primary N) is 1. The van der Waals surface area contributed by atoms with Crippen LogP contribution in [-0.2, 0) is 11.3 Å². The lowest BCUT2D eigenvalue weighted by atomic mass is 10.2. The molecule has 0 saturated carbocycles. The topological polar surface area (TPSA) is 126 Å². The van der Waals surface area contributed by atoms with Gasteiger partial charge in [0.2, 0.25) is 0 Å². The number of carbonyl (C=O) groups excluding carboxylic acids is 1. The molecule has 0 aliphatic heterocycles. The molecule has 7 nitrogen and oxygen atoms in total. The number of aromatic nitrogens is 1. The molecule has 5 N–H and O–H groups in total. The molecule has 0 bridgehead atoms. The minimum Gasteiger partial charge on any atom is -0.479 e. The molecule has 1 aromatic rings. The van der Waals surface area contributed by atoms with Crippen molar-refractivity contribution < 1.29 is 19.8 Å². The van der Waals surface area contributed by atoms with Gasteiger partial charge in [0.25, 0.3) is 5.91 Å². The van der Waals surface area contributed by atoms with Crippen molar-refractivity contribution in [2.75, 3.05) is 6.54 Å². The third kappa shape index (κ3) is 4.11. The molecular formula is C11H15N3O4. The van der Waals surface area contributed by atoms with Gasteiger partial charge in [0.15, 0.2) is 6.10 Å². The predicted molar refractivity (Wildman–Crippen MR) is 62.7 cm³/mol. The number of pyridine rings is 1. The van der Waals surface area contributed by atoms with E-state index < -0.39 is 12.1 Å². The van der Waals surface area contributed by atoms with Crippen molar-refractivity contribution in [3.05, 3.63) is 29.6 Å². The number of hydrogen-bond acceptors (Lipinski definition) is 5. The average molecular weight is 253 g/mol. The number of rotatable bonds is 6. The number of aliphatic carboxylic acids is 1. The molecule has 1 unspecified atom stereocenters. The van der Waals surface area contributed by atoms with Crippen molar-refractivity contribution >= 4 is 11.9 Å². The second-order valence-electron chi connectivity index (χ2n) is 3.64. The van der Waals surface area contributed by atoms with Crippen LogP contribution in [0.4, 0.5) is 0 Å². The highest BCUT2D eigenvalue weighted by Crippen LogP contribution is 2.01. The van der Waals surface area contributed by atoms with Crippen LogP contribution >= 0.6 is 0 Å². The van der Waals surface area contributed by atoms with Gasteiger partial charge in [-0.05, 0) is 12.1 Å². The van der Waals surface area contributed by atoms with E-state index in [9.17, 15) is 9.59 Å². The van der Waals surface area contributed by atoms with E-state index in [2.05, 4.69) is 10.3 Å². The maximum absolute atomic E-state index is 11.7. The number of nitrogens with one attached hydrogen (secondary N) is 1. The summed E-state index contributed by atoms with van der Waals surface area (Å²) in [5, 5.41) is 20.0. The third-order valence-corrected chi connectivity index (χ3v) is 2.28. The molecular weight excluding hydrogens is 238 g/mol. The summed E-state index contributed by atoms with van der Waals surface area (Å²) in [5.74, 6) is -1.66. The number of hydrogen-bond donors (Lipinski definition) is 4. The molecule has 0 aromatic carbocycles. The Kier molecular flexibility index (Phi) is 5.22. The van der Waals surface area contributed by atoms with E-state index in [1.165, 1.54) is 12.3 Å². The Balaban J connectivity index is 2.47. The van der Waals surface area contributed by atoms with Crippen molar-refractivity contribution in [3.8, 4) is 0 Å². The zero-order valence-electron chi connectivity index (χ0n) is 9.67. The lowest BCUT2D eigenvalue weighted by molar-refractivity contribution is -0.146. The summed E-state index contributed by atoms with van der Waals surface area (Å²) in [5.41, 5.74) is 6.39. The Labute approximate surface area is 104 Å². The van der Waals surface area contributed by atoms with Gasteiger partial charge >= 0.3 is 5.97 Å². The molecule has 1 rings (SSSR count). The first-order valence-corrected chi connectivity index (χ1v) is 5.38. The SMILES string of the molecule is NCc1cc(C(=O)NCCC(O)C(=O)O)ccn1. The normalized spacial score (nSPS) is 11.9. The Morgan fingerprint density at radius 3 is 2.83 bits per heavy atom. The molecule has 0 aliphatic rings. The Morgan fingerprint density at radius 2 is 2.22 bits per heavy atom. The van der Waals surface area contributed by atoms with Crippen molar-refractivity contribution in [1.29, 1.82) is 0 Å². The number of carboxylic acid groups (broad SMARTS) is 1. The Morgan fingerprint density at radius 1 is 1.50 bits per heavy atom. The van der Waals surface area contributed by atoms with Crippen molar-refractivity contribution in [1.82, 2.24) is 10.3 Å². The fraction of sp³-hybridized carbons (Fsp3) is 0.364. The standard InChI is InChI=1S/C11H15N3O4/c12-6-8-5-7(1-3-13-8)10(16)14-4-2-9(15)11(17)18/h1,3,5,9,15H,2,4,6,12H2,(H,14,16)(H,17,18). The molecule has 1 atom stereocenters. The molecule has 98 valence electrons. The van der Waals surface area contributed by atoms with Crippen LogP contribution in [0.5, 0.6) is 0 Å². The van der Waals surface area contributed by atoms with Crippen molar-refractivity contribution in [2.45, 2.75) is 19.1 Å². The molecule has 7 heteroatoms. The van der Waals surface area contributed by atoms with Crippen LogP contribution in [0, 0.1) is 0 Å². The summed E-state index contributed by atoms with van der Waals surface area (Å²) in [6.07, 6.45) is -0.0404. The number of nitrogens with zero attached hydrogens (tertiary/aromatic N) is 1. The zero-order chi connectivity index (χ0) is 13.5. The lowest BCUT2D eigenvalue weighted by Crippen LogP contribution is -2.30. The highest BCUT2D eigenvalue weighted by atomic mass is 16.4. The van der Waals surface area contributed by atoms with Gasteiger partial charge in [-0.3, -0.25) is 9.78 Å². The lowest BCUT2D eigenvalue weighted by Gasteiger charge is -2.07. The molecule has 18 heavy (non-hydrogen) atoms. The smallest absolute Gasteiger partial charge is 0.332 e. The van der Waals surface area contributed by atoms with Crippen LogP contribution < -0.4 is 11.1 Å². The third-order valence-electron chi connectivity index (χ3n) is 2.28. The fourth-order valence-electron chi connectivity index (χ4n) is 1.28. The van der Waals surface area contributed by atoms with Crippen LogP contribution in [-0.4, -0.2) is 39.7 Å². The largest absolute Gasteiger partial charge is 0.479 e. The van der Waals surface area contributed by atoms with Crippen LogP contribution in [0.25, 0.3) is 0 Å². The number of carboxylic acids is 1. The van der Waals surface area contributed by atoms with Gasteiger partial charge < -0.3 is 21.3 Å². The minimum atomic E-state index is -1.47. The first-order valence-electron chi connectivity index (χ1n) is 5.38. The van der Waals surface area contributed by atoms with E-state index in [1.807, 2.05) is 0 Å². The summed E-state index contributed by atoms with van der Waals surface area (Å²) >= 11 is 0. The monoisotopic (exact) mass is 253 g/mol. The summed E-state index contributed by atoms with van der Waals surface area (Å²) < 4.78 is 0. The quantitative estimate of drug-likeness (QED) is 0.521. The molecule has 0 aliphatic carbocycles. The summed E-state index contributed by atoms with van der Waals surface area (Å²) in [6.45, 7) is 0.311. The second-order valence-corrected chi connectivity index (χ2v) is 3.64. The van der Waals surface area contributed by atoms with E-state index >= 15 is 0 Å². The molecule has 0 fully saturated rings. The van der Waals surface area contributed by atoms with Crippen LogP contribution in [0.2, 0.25) is 0 Å². The average Bonchev–Trinajstić information content (AvgIpc) is 2.38. The van der Waals surface area contributed by atoms with E-state index in [-0.39, 0.29) is 25.4 Å². The second kappa shape index (κ2) is 6.67. The number of aliphatic hydroxyl groups is 1. The van der Waals surface area contributed by atoms with E-state index in [0.29, 0.717) is 11.3 Å². The van der Waals surface area contributed by atoms with Gasteiger partial charge in [-0.15, -0.1) is 0 Å². The van der Waals surface area contributed by atoms with Gasteiger partial charge in [0, 0.05) is 31.3 Å². The van der Waals surface area contributed by atoms with Crippen LogP contribution in [0.3, 0.4) is 0 Å². The highest BCUT2D eigenvalue weighted by molar-refractivity contribution is 5.94. The number of aliphatic hydroxyl groups excluding tert-OH is 1. The first-order chi connectivity index (χ1) is 8.54. The molecule has 1 heterocycles. The van der Waals surface area contributed by atoms with Gasteiger partial charge in [-0.25, -0.2) is 4.79 Å². The predicted octanol–water partition coefficient (Wildman–Crippen LogP) is -0.894. The number of amides is 1. The van der Waals surface area contributed by atoms with Crippen LogP contribution in [0.1, 0.15) is 22.5 Å². The maximum atomic E-state index is 11.7. The number of carbonyl (C=O) groups is 2. The fourth-order valence-corrected chi connectivity index (χ4v) is 1.28. The Hall–Kier alpha value is -1.99. The van der Waals surface area contributed by atoms with Gasteiger partial charge in [-0.2, -0.15) is 0 Å². The highest BCUT2D eigenvalue weighted by Gasteiger charge is 2.13. The van der Waals surface area contributed by atoms with Gasteiger partial charge in [0.05, 0.1) is 5.69 Å². The molecule has 1 amide bonds. The van der Waals surface area contributed by atoms with Gasteiger partial charge in [-0.1, -0.05) is 0 Å². The summed E-state index contributed by atoms with van der Waals surface area (Å²) in [6, 6.07) is 3.09. The zero-order valence-corrected chi connectivity index (χ0v) is 9.67. The molecule has 0 saturated heterocycles. The van der Waals surface area contributed by atoms with E-state index in [4.69, 9.17) is 15.9 Å². The minimum absolute atomic E-state index is 0.0457.